The van der Waals surface area contributed by atoms with Gasteiger partial charge in [-0.25, -0.2) is 0 Å². The van der Waals surface area contributed by atoms with Crippen molar-refractivity contribution < 1.29 is 9.47 Å². The number of nitrogens with two attached hydrogens (primary N) is 1. The standard InChI is InChI=1S/C16H25N3O2/c1-20-15-4-2-14(3-5-15)18-7-9-19(10-8-18)16(12-17)6-11-21-13-16/h2-5H,6-13,17H2,1H3. The third-order valence-corrected chi connectivity index (χ3v) is 4.85. The summed E-state index contributed by atoms with van der Waals surface area (Å²) in [4.78, 5) is 4.95. The second kappa shape index (κ2) is 6.22. The predicted molar refractivity (Wildman–Crippen MR) is 84.0 cm³/mol. The number of ether oxygens (including phenoxy) is 2. The third kappa shape index (κ3) is 2.86. The highest BCUT2D eigenvalue weighted by Gasteiger charge is 2.40. The molecule has 0 aromatic heterocycles. The molecule has 2 heterocycles. The maximum Gasteiger partial charge on any atom is 0.119 e. The van der Waals surface area contributed by atoms with Gasteiger partial charge in [-0.05, 0) is 30.7 Å². The quantitative estimate of drug-likeness (QED) is 0.894. The van der Waals surface area contributed by atoms with Crippen LogP contribution in [-0.2, 0) is 4.74 Å². The molecule has 5 heteroatoms. The monoisotopic (exact) mass is 291 g/mol. The minimum atomic E-state index is 0.0754. The highest BCUT2D eigenvalue weighted by Crippen LogP contribution is 2.28. The lowest BCUT2D eigenvalue weighted by atomic mass is 9.95. The van der Waals surface area contributed by atoms with E-state index in [1.807, 2.05) is 12.1 Å². The van der Waals surface area contributed by atoms with Crippen LogP contribution >= 0.6 is 0 Å². The second-order valence-corrected chi connectivity index (χ2v) is 5.90. The van der Waals surface area contributed by atoms with Crippen molar-refractivity contribution in [3.05, 3.63) is 24.3 Å². The summed E-state index contributed by atoms with van der Waals surface area (Å²) >= 11 is 0. The fraction of sp³-hybridized carbons (Fsp3) is 0.625. The fourth-order valence-corrected chi connectivity index (χ4v) is 3.37. The first-order valence-corrected chi connectivity index (χ1v) is 7.69. The Hall–Kier alpha value is -1.30. The molecule has 0 bridgehead atoms. The highest BCUT2D eigenvalue weighted by molar-refractivity contribution is 5.49. The molecule has 0 radical (unpaired) electrons. The van der Waals surface area contributed by atoms with Gasteiger partial charge in [-0.15, -0.1) is 0 Å². The van der Waals surface area contributed by atoms with E-state index in [-0.39, 0.29) is 5.54 Å². The number of hydrogen-bond acceptors (Lipinski definition) is 5. The lowest BCUT2D eigenvalue weighted by molar-refractivity contribution is 0.0670. The minimum Gasteiger partial charge on any atom is -0.497 e. The van der Waals surface area contributed by atoms with Crippen LogP contribution in [0, 0.1) is 0 Å². The van der Waals surface area contributed by atoms with Crippen LogP contribution in [0.15, 0.2) is 24.3 Å². The Balaban J connectivity index is 1.61. The maximum atomic E-state index is 6.03. The van der Waals surface area contributed by atoms with Gasteiger partial charge < -0.3 is 20.1 Å². The largest absolute Gasteiger partial charge is 0.497 e. The maximum absolute atomic E-state index is 6.03. The van der Waals surface area contributed by atoms with Crippen LogP contribution in [0.3, 0.4) is 0 Å². The summed E-state index contributed by atoms with van der Waals surface area (Å²) in [5.74, 6) is 0.905. The number of piperazine rings is 1. The predicted octanol–water partition coefficient (Wildman–Crippen LogP) is 0.935. The summed E-state index contributed by atoms with van der Waals surface area (Å²) in [5.41, 5.74) is 7.37. The number of rotatable bonds is 4. The number of nitrogens with zero attached hydrogens (tertiary/aromatic N) is 2. The van der Waals surface area contributed by atoms with Crippen LogP contribution in [-0.4, -0.2) is 63.5 Å². The van der Waals surface area contributed by atoms with E-state index in [1.54, 1.807) is 7.11 Å². The molecule has 1 unspecified atom stereocenters. The molecule has 116 valence electrons. The molecule has 2 saturated heterocycles. The molecule has 1 aromatic rings. The summed E-state index contributed by atoms with van der Waals surface area (Å²) in [6, 6.07) is 8.31. The summed E-state index contributed by atoms with van der Waals surface area (Å²) in [5, 5.41) is 0. The summed E-state index contributed by atoms with van der Waals surface area (Å²) in [7, 11) is 1.70. The average Bonchev–Trinajstić information content (AvgIpc) is 3.05. The van der Waals surface area contributed by atoms with E-state index >= 15 is 0 Å². The second-order valence-electron chi connectivity index (χ2n) is 5.90. The molecule has 0 spiro atoms. The van der Waals surface area contributed by atoms with Crippen molar-refractivity contribution in [1.82, 2.24) is 4.90 Å². The van der Waals surface area contributed by atoms with E-state index in [9.17, 15) is 0 Å². The molecule has 1 atom stereocenters. The van der Waals surface area contributed by atoms with E-state index in [2.05, 4.69) is 21.9 Å². The van der Waals surface area contributed by atoms with Gasteiger partial charge in [0.15, 0.2) is 0 Å². The molecule has 21 heavy (non-hydrogen) atoms. The number of anilines is 1. The van der Waals surface area contributed by atoms with Gasteiger partial charge in [0.2, 0.25) is 0 Å². The number of hydrogen-bond donors (Lipinski definition) is 1. The van der Waals surface area contributed by atoms with Crippen LogP contribution in [0.1, 0.15) is 6.42 Å². The Kier molecular flexibility index (Phi) is 4.33. The number of benzene rings is 1. The lowest BCUT2D eigenvalue weighted by Crippen LogP contribution is -2.60. The Labute approximate surface area is 126 Å². The molecular weight excluding hydrogens is 266 g/mol. The average molecular weight is 291 g/mol. The van der Waals surface area contributed by atoms with Gasteiger partial charge >= 0.3 is 0 Å². The SMILES string of the molecule is COc1ccc(N2CCN(C3(CN)CCOC3)CC2)cc1. The zero-order chi connectivity index (χ0) is 14.7. The zero-order valence-corrected chi connectivity index (χ0v) is 12.8. The Morgan fingerprint density at radius 1 is 1.19 bits per heavy atom. The van der Waals surface area contributed by atoms with Crippen LogP contribution in [0.5, 0.6) is 5.75 Å². The van der Waals surface area contributed by atoms with Crippen LogP contribution in [0.25, 0.3) is 0 Å². The van der Waals surface area contributed by atoms with Gasteiger partial charge in [-0.1, -0.05) is 0 Å². The van der Waals surface area contributed by atoms with Gasteiger partial charge in [-0.3, -0.25) is 4.90 Å². The Morgan fingerprint density at radius 2 is 1.90 bits per heavy atom. The first-order valence-electron chi connectivity index (χ1n) is 7.69. The first kappa shape index (κ1) is 14.6. The lowest BCUT2D eigenvalue weighted by Gasteiger charge is -2.45. The minimum absolute atomic E-state index is 0.0754. The molecule has 3 rings (SSSR count). The van der Waals surface area contributed by atoms with Crippen molar-refractivity contribution in [2.45, 2.75) is 12.0 Å². The van der Waals surface area contributed by atoms with Gasteiger partial charge in [0.05, 0.1) is 19.3 Å². The summed E-state index contributed by atoms with van der Waals surface area (Å²) < 4.78 is 10.8. The van der Waals surface area contributed by atoms with E-state index in [0.717, 1.165) is 51.6 Å². The smallest absolute Gasteiger partial charge is 0.119 e. The van der Waals surface area contributed by atoms with Gasteiger partial charge in [0.25, 0.3) is 0 Å². The Bertz CT molecular complexity index is 449. The van der Waals surface area contributed by atoms with E-state index < -0.39 is 0 Å². The molecule has 2 fully saturated rings. The van der Waals surface area contributed by atoms with E-state index in [1.165, 1.54) is 5.69 Å². The Morgan fingerprint density at radius 3 is 2.43 bits per heavy atom. The van der Waals surface area contributed by atoms with Crippen LogP contribution in [0.4, 0.5) is 5.69 Å². The zero-order valence-electron chi connectivity index (χ0n) is 12.8. The van der Waals surface area contributed by atoms with Crippen LogP contribution < -0.4 is 15.4 Å². The normalized spacial score (nSPS) is 27.0. The van der Waals surface area contributed by atoms with Crippen molar-refractivity contribution in [3.8, 4) is 5.75 Å². The molecule has 0 aliphatic carbocycles. The first-order chi connectivity index (χ1) is 10.3. The van der Waals surface area contributed by atoms with Crippen molar-refractivity contribution in [3.63, 3.8) is 0 Å². The van der Waals surface area contributed by atoms with Crippen molar-refractivity contribution in [2.75, 3.05) is 57.9 Å². The molecule has 2 aliphatic heterocycles. The van der Waals surface area contributed by atoms with E-state index in [4.69, 9.17) is 15.2 Å². The van der Waals surface area contributed by atoms with E-state index in [0.29, 0.717) is 6.54 Å². The van der Waals surface area contributed by atoms with Crippen molar-refractivity contribution >= 4 is 5.69 Å². The van der Waals surface area contributed by atoms with Gasteiger partial charge in [0, 0.05) is 45.0 Å². The molecule has 2 aliphatic rings. The van der Waals surface area contributed by atoms with Gasteiger partial charge in [0.1, 0.15) is 5.75 Å². The topological polar surface area (TPSA) is 51.0 Å². The summed E-state index contributed by atoms with van der Waals surface area (Å²) in [6.07, 6.45) is 1.06. The molecular formula is C16H25N3O2. The van der Waals surface area contributed by atoms with Gasteiger partial charge in [-0.2, -0.15) is 0 Å². The van der Waals surface area contributed by atoms with Crippen molar-refractivity contribution in [2.24, 2.45) is 5.73 Å². The molecule has 0 saturated carbocycles. The highest BCUT2D eigenvalue weighted by atomic mass is 16.5. The molecule has 0 amide bonds. The molecule has 1 aromatic carbocycles. The van der Waals surface area contributed by atoms with Crippen LogP contribution in [0.2, 0.25) is 0 Å². The molecule has 2 N–H and O–H groups in total. The third-order valence-electron chi connectivity index (χ3n) is 4.85. The van der Waals surface area contributed by atoms with Crippen molar-refractivity contribution in [1.29, 1.82) is 0 Å². The number of methoxy groups -OCH3 is 1. The molecule has 5 nitrogen and oxygen atoms in total. The fourth-order valence-electron chi connectivity index (χ4n) is 3.37. The summed E-state index contributed by atoms with van der Waals surface area (Å²) in [6.45, 7) is 6.48.